The van der Waals surface area contributed by atoms with Gasteiger partial charge in [0.05, 0.1) is 0 Å². The molecule has 13 heavy (non-hydrogen) atoms. The van der Waals surface area contributed by atoms with E-state index in [2.05, 4.69) is 53.8 Å². The molecule has 0 radical (unpaired) electrons. The summed E-state index contributed by atoms with van der Waals surface area (Å²) in [5.74, 6) is 1.53. The molecule has 0 amide bonds. The van der Waals surface area contributed by atoms with Gasteiger partial charge in [0.25, 0.3) is 0 Å². The Hall–Kier alpha value is 0.100. The first-order chi connectivity index (χ1) is 6.15. The highest BCUT2D eigenvalue weighted by Crippen LogP contribution is 2.32. The minimum atomic E-state index is 0.447. The number of rotatable bonds is 3. The van der Waals surface area contributed by atoms with Crippen LogP contribution in [-0.2, 0) is 4.18 Å². The van der Waals surface area contributed by atoms with Gasteiger partial charge >= 0.3 is 0 Å². The van der Waals surface area contributed by atoms with Crippen molar-refractivity contribution in [1.82, 2.24) is 0 Å². The molecule has 0 fully saturated rings. The van der Waals surface area contributed by atoms with Crippen LogP contribution in [0.25, 0.3) is 0 Å². The average molecular weight is 308 g/mol. The number of hydrogen-bond donors (Lipinski definition) is 0. The van der Waals surface area contributed by atoms with E-state index < -0.39 is 0 Å². The van der Waals surface area contributed by atoms with Gasteiger partial charge in [-0.2, -0.15) is 0 Å². The summed E-state index contributed by atoms with van der Waals surface area (Å²) < 4.78 is 5.47. The molecule has 0 aromatic heterocycles. The predicted octanol–water partition coefficient (Wildman–Crippen LogP) is 4.43. The normalized spacial score (nSPS) is 21.9. The van der Waals surface area contributed by atoms with Crippen molar-refractivity contribution < 1.29 is 4.18 Å². The van der Waals surface area contributed by atoms with Crippen LogP contribution in [0.4, 0.5) is 0 Å². The molecule has 1 atom stereocenters. The maximum Gasteiger partial charge on any atom is 0.127 e. The van der Waals surface area contributed by atoms with Crippen LogP contribution in [0.5, 0.6) is 0 Å². The quantitative estimate of drug-likeness (QED) is 0.433. The minimum Gasteiger partial charge on any atom is -0.419 e. The lowest BCUT2D eigenvalue weighted by Gasteiger charge is -2.19. The van der Waals surface area contributed by atoms with E-state index in [1.807, 2.05) is 0 Å². The van der Waals surface area contributed by atoms with Crippen molar-refractivity contribution in [2.75, 3.05) is 0 Å². The fourth-order valence-electron chi connectivity index (χ4n) is 1.26. The summed E-state index contributed by atoms with van der Waals surface area (Å²) in [6.45, 7) is 8.10. The van der Waals surface area contributed by atoms with E-state index in [9.17, 15) is 0 Å². The van der Waals surface area contributed by atoms with Crippen molar-refractivity contribution in [3.63, 3.8) is 0 Å². The number of allylic oxidation sites excluding steroid dienone is 5. The molecule has 0 bridgehead atoms. The predicted molar refractivity (Wildman–Crippen MR) is 67.5 cm³/mol. The second-order valence-corrected chi connectivity index (χ2v) is 4.64. The molecule has 3 heteroatoms. The maximum absolute atomic E-state index is 5.47. The molecule has 0 spiro atoms. The Kier molecular flexibility index (Phi) is 4.38. The average Bonchev–Trinajstić information content (AvgIpc) is 2.08. The highest BCUT2D eigenvalue weighted by atomic mass is 127. The smallest absolute Gasteiger partial charge is 0.127 e. The minimum absolute atomic E-state index is 0.447. The lowest BCUT2D eigenvalue weighted by molar-refractivity contribution is 0.446. The zero-order valence-corrected chi connectivity index (χ0v) is 10.8. The molecule has 0 aliphatic heterocycles. The van der Waals surface area contributed by atoms with Crippen LogP contribution in [-0.4, -0.2) is 0 Å². The highest BCUT2D eigenvalue weighted by Gasteiger charge is 2.16. The lowest BCUT2D eigenvalue weighted by Crippen LogP contribution is -2.05. The SMILES string of the molecule is C=C(C)C1C=CC(C)=C(OSI)C1. The van der Waals surface area contributed by atoms with Gasteiger partial charge in [0.1, 0.15) is 15.0 Å². The molecule has 0 saturated carbocycles. The topological polar surface area (TPSA) is 9.23 Å². The summed E-state index contributed by atoms with van der Waals surface area (Å²) in [7, 11) is 1.37. The van der Waals surface area contributed by atoms with Gasteiger partial charge in [0, 0.05) is 33.5 Å². The first-order valence-corrected chi connectivity index (χ1v) is 7.42. The molecule has 0 heterocycles. The van der Waals surface area contributed by atoms with Crippen molar-refractivity contribution in [3.05, 3.63) is 35.6 Å². The van der Waals surface area contributed by atoms with Gasteiger partial charge in [0.15, 0.2) is 0 Å². The third-order valence-corrected chi connectivity index (χ3v) is 2.99. The van der Waals surface area contributed by atoms with Gasteiger partial charge in [-0.15, -0.1) is 0 Å². The van der Waals surface area contributed by atoms with E-state index in [0.717, 1.165) is 12.2 Å². The van der Waals surface area contributed by atoms with Crippen LogP contribution < -0.4 is 0 Å². The van der Waals surface area contributed by atoms with E-state index in [-0.39, 0.29) is 0 Å². The van der Waals surface area contributed by atoms with Crippen molar-refractivity contribution in [3.8, 4) is 0 Å². The molecule has 1 rings (SSSR count). The molecule has 72 valence electrons. The Bertz CT molecular complexity index is 268. The van der Waals surface area contributed by atoms with Gasteiger partial charge in [0.2, 0.25) is 0 Å². The molecule has 1 aliphatic rings. The van der Waals surface area contributed by atoms with Gasteiger partial charge in [-0.05, 0) is 19.4 Å². The maximum atomic E-state index is 5.47. The zero-order chi connectivity index (χ0) is 9.84. The first-order valence-electron chi connectivity index (χ1n) is 4.13. The third-order valence-electron chi connectivity index (χ3n) is 2.19. The Morgan fingerprint density at radius 2 is 2.46 bits per heavy atom. The molecule has 1 nitrogen and oxygen atoms in total. The van der Waals surface area contributed by atoms with E-state index in [1.165, 1.54) is 20.4 Å². The summed E-state index contributed by atoms with van der Waals surface area (Å²) in [6.07, 6.45) is 5.26. The summed E-state index contributed by atoms with van der Waals surface area (Å²) in [5.41, 5.74) is 2.42. The van der Waals surface area contributed by atoms with E-state index in [1.54, 1.807) is 0 Å². The largest absolute Gasteiger partial charge is 0.419 e. The Balaban J connectivity index is 2.71. The first kappa shape index (κ1) is 11.2. The zero-order valence-electron chi connectivity index (χ0n) is 7.84. The van der Waals surface area contributed by atoms with Gasteiger partial charge in [-0.1, -0.05) is 24.3 Å². The van der Waals surface area contributed by atoms with Gasteiger partial charge in [-0.3, -0.25) is 0 Å². The summed E-state index contributed by atoms with van der Waals surface area (Å²) in [4.78, 5) is 0. The molecular formula is C10H13IOS. The van der Waals surface area contributed by atoms with E-state index in [0.29, 0.717) is 5.92 Å². The summed E-state index contributed by atoms with van der Waals surface area (Å²) in [6, 6.07) is 0. The second-order valence-electron chi connectivity index (χ2n) is 3.27. The van der Waals surface area contributed by atoms with Crippen LogP contribution in [0, 0.1) is 5.92 Å². The van der Waals surface area contributed by atoms with Crippen molar-refractivity contribution in [2.24, 2.45) is 5.92 Å². The van der Waals surface area contributed by atoms with E-state index in [4.69, 9.17) is 4.18 Å². The van der Waals surface area contributed by atoms with E-state index >= 15 is 0 Å². The molecule has 0 saturated heterocycles. The third kappa shape index (κ3) is 3.06. The highest BCUT2D eigenvalue weighted by molar-refractivity contribution is 14.2. The van der Waals surface area contributed by atoms with Crippen molar-refractivity contribution in [1.29, 1.82) is 0 Å². The molecule has 0 aromatic rings. The van der Waals surface area contributed by atoms with Crippen LogP contribution in [0.15, 0.2) is 35.6 Å². The fraction of sp³-hybridized carbons (Fsp3) is 0.400. The monoisotopic (exact) mass is 308 g/mol. The van der Waals surface area contributed by atoms with Crippen LogP contribution in [0.1, 0.15) is 20.3 Å². The Labute approximate surface area is 96.1 Å². The molecule has 0 N–H and O–H groups in total. The Morgan fingerprint density at radius 1 is 1.77 bits per heavy atom. The summed E-state index contributed by atoms with van der Waals surface area (Å²) in [5, 5.41) is 0. The Morgan fingerprint density at radius 3 is 3.00 bits per heavy atom. The molecule has 0 aromatic carbocycles. The second kappa shape index (κ2) is 5.10. The van der Waals surface area contributed by atoms with Gasteiger partial charge in [-0.25, -0.2) is 0 Å². The van der Waals surface area contributed by atoms with Gasteiger partial charge < -0.3 is 4.18 Å². The molecular weight excluding hydrogens is 295 g/mol. The molecule has 1 aliphatic carbocycles. The standard InChI is InChI=1S/C10H13IOS/c1-7(2)9-5-4-8(3)10(6-9)12-13-11/h4-5,9H,1,6H2,2-3H3. The van der Waals surface area contributed by atoms with Crippen molar-refractivity contribution in [2.45, 2.75) is 20.3 Å². The van der Waals surface area contributed by atoms with Crippen LogP contribution in [0.2, 0.25) is 0 Å². The fourth-order valence-corrected chi connectivity index (χ4v) is 2.19. The summed E-state index contributed by atoms with van der Waals surface area (Å²) >= 11 is 2.14. The molecule has 1 unspecified atom stereocenters. The lowest BCUT2D eigenvalue weighted by atomic mass is 9.91. The van der Waals surface area contributed by atoms with Crippen LogP contribution in [0.3, 0.4) is 0 Å². The number of hydrogen-bond acceptors (Lipinski definition) is 2. The number of halogens is 1. The van der Waals surface area contributed by atoms with Crippen molar-refractivity contribution >= 4 is 30.4 Å². The van der Waals surface area contributed by atoms with Crippen LogP contribution >= 0.6 is 30.4 Å².